The zero-order valence-corrected chi connectivity index (χ0v) is 11.6. The van der Waals surface area contributed by atoms with Gasteiger partial charge in [-0.2, -0.15) is 0 Å². The average Bonchev–Trinajstić information content (AvgIpc) is 2.49. The molecule has 3 aliphatic rings. The van der Waals surface area contributed by atoms with Crippen LogP contribution in [0.25, 0.3) is 0 Å². The van der Waals surface area contributed by atoms with Gasteiger partial charge in [-0.1, -0.05) is 27.2 Å². The molecule has 0 heterocycles. The second-order valence-electron chi connectivity index (χ2n) is 7.74. The minimum atomic E-state index is -0.903. The first-order valence-electron chi connectivity index (χ1n) is 7.11. The minimum Gasteiger partial charge on any atom is -0.390 e. The second kappa shape index (κ2) is 2.91. The van der Waals surface area contributed by atoms with Gasteiger partial charge in [0.15, 0.2) is 0 Å². The van der Waals surface area contributed by atoms with Crippen molar-refractivity contribution in [1.29, 1.82) is 0 Å². The lowest BCUT2D eigenvalue weighted by Gasteiger charge is -2.68. The fraction of sp³-hybridized carbons (Fsp3) is 1.00. The van der Waals surface area contributed by atoms with Crippen LogP contribution in [0.4, 0.5) is 0 Å². The summed E-state index contributed by atoms with van der Waals surface area (Å²) in [5.41, 5.74) is -0.607. The minimum absolute atomic E-state index is 0.115. The van der Waals surface area contributed by atoms with Crippen molar-refractivity contribution >= 4 is 0 Å². The van der Waals surface area contributed by atoms with E-state index in [9.17, 15) is 10.2 Å². The molecule has 4 bridgehead atoms. The zero-order valence-electron chi connectivity index (χ0n) is 11.6. The highest BCUT2D eigenvalue weighted by Gasteiger charge is 2.74. The molecule has 2 heteroatoms. The molecule has 2 nitrogen and oxygen atoms in total. The van der Waals surface area contributed by atoms with E-state index in [2.05, 4.69) is 20.8 Å². The maximum absolute atomic E-state index is 10.8. The Kier molecular flexibility index (Phi) is 2.05. The van der Waals surface area contributed by atoms with Crippen LogP contribution >= 0.6 is 0 Å². The molecular formula is C15H26O2. The summed E-state index contributed by atoms with van der Waals surface area (Å²) in [5.74, 6) is 0.267. The van der Waals surface area contributed by atoms with Gasteiger partial charge in [0.1, 0.15) is 0 Å². The number of aliphatic hydroxyl groups is 2. The fourth-order valence-corrected chi connectivity index (χ4v) is 6.12. The largest absolute Gasteiger partial charge is 0.390 e. The number of hydrogen-bond acceptors (Lipinski definition) is 2. The van der Waals surface area contributed by atoms with Crippen molar-refractivity contribution in [3.05, 3.63) is 0 Å². The Morgan fingerprint density at radius 1 is 0.941 bits per heavy atom. The van der Waals surface area contributed by atoms with Gasteiger partial charge in [-0.05, 0) is 49.4 Å². The van der Waals surface area contributed by atoms with Crippen molar-refractivity contribution in [2.24, 2.45) is 22.2 Å². The first-order valence-corrected chi connectivity index (χ1v) is 7.11. The molecule has 6 atom stereocenters. The molecule has 3 aliphatic carbocycles. The molecule has 0 aromatic carbocycles. The Bertz CT molecular complexity index is 364. The predicted octanol–water partition coefficient (Wildman–Crippen LogP) is 2.72. The van der Waals surface area contributed by atoms with Gasteiger partial charge in [0, 0.05) is 5.41 Å². The lowest BCUT2D eigenvalue weighted by atomic mass is 9.39. The smallest absolute Gasteiger partial charge is 0.0916 e. The van der Waals surface area contributed by atoms with Gasteiger partial charge in [-0.3, -0.25) is 0 Å². The van der Waals surface area contributed by atoms with Crippen LogP contribution in [0.1, 0.15) is 59.8 Å². The van der Waals surface area contributed by atoms with E-state index < -0.39 is 11.7 Å². The third-order valence-electron chi connectivity index (χ3n) is 7.48. The van der Waals surface area contributed by atoms with Crippen LogP contribution in [0.15, 0.2) is 0 Å². The topological polar surface area (TPSA) is 40.5 Å². The molecule has 0 saturated heterocycles. The molecule has 0 aromatic heterocycles. The van der Waals surface area contributed by atoms with Crippen molar-refractivity contribution < 1.29 is 10.2 Å². The summed E-state index contributed by atoms with van der Waals surface area (Å²) in [7, 11) is 0. The van der Waals surface area contributed by atoms with Crippen LogP contribution in [0.3, 0.4) is 0 Å². The zero-order chi connectivity index (χ0) is 12.7. The first-order chi connectivity index (χ1) is 7.70. The highest BCUT2D eigenvalue weighted by atomic mass is 16.3. The molecule has 2 N–H and O–H groups in total. The third kappa shape index (κ3) is 0.986. The van der Waals surface area contributed by atoms with E-state index in [4.69, 9.17) is 0 Å². The van der Waals surface area contributed by atoms with Crippen LogP contribution < -0.4 is 0 Å². The molecule has 0 spiro atoms. The SMILES string of the molecule is C[C@]1(O)[C@H]2CC[C@]3(C)[C@@]2(C)CCC[C@]3(C)[C@H]1O. The van der Waals surface area contributed by atoms with Gasteiger partial charge in [0.2, 0.25) is 0 Å². The summed E-state index contributed by atoms with van der Waals surface area (Å²) in [6.45, 7) is 8.81. The Hall–Kier alpha value is -0.0800. The van der Waals surface area contributed by atoms with Crippen molar-refractivity contribution in [1.82, 2.24) is 0 Å². The quantitative estimate of drug-likeness (QED) is 0.681. The van der Waals surface area contributed by atoms with Crippen molar-refractivity contribution in [3.8, 4) is 0 Å². The Morgan fingerprint density at radius 2 is 1.53 bits per heavy atom. The van der Waals surface area contributed by atoms with Crippen LogP contribution in [0.5, 0.6) is 0 Å². The molecule has 0 amide bonds. The van der Waals surface area contributed by atoms with Gasteiger partial charge in [-0.25, -0.2) is 0 Å². The standard InChI is InChI=1S/C15H26O2/c1-12-7-5-8-13(2)11(16)15(4,17)10(12)6-9-14(12,13)3/h10-11,16-17H,5-9H2,1-4H3/t10-,11+,12-,13+,14+,15-/m0/s1. The van der Waals surface area contributed by atoms with E-state index in [0.29, 0.717) is 0 Å². The highest BCUT2D eigenvalue weighted by molar-refractivity contribution is 5.24. The van der Waals surface area contributed by atoms with E-state index in [1.54, 1.807) is 0 Å². The van der Waals surface area contributed by atoms with Gasteiger partial charge >= 0.3 is 0 Å². The molecule has 3 rings (SSSR count). The van der Waals surface area contributed by atoms with E-state index in [1.165, 1.54) is 12.8 Å². The number of rotatable bonds is 0. The summed E-state index contributed by atoms with van der Waals surface area (Å²) in [5, 5.41) is 21.5. The molecule has 17 heavy (non-hydrogen) atoms. The summed E-state index contributed by atoms with van der Waals surface area (Å²) in [6.07, 6.45) is 5.15. The van der Waals surface area contributed by atoms with Gasteiger partial charge in [0.25, 0.3) is 0 Å². The molecule has 3 fully saturated rings. The Morgan fingerprint density at radius 3 is 2.18 bits per heavy atom. The summed E-state index contributed by atoms with van der Waals surface area (Å²) >= 11 is 0. The Labute approximate surface area is 104 Å². The normalized spacial score (nSPS) is 66.0. The van der Waals surface area contributed by atoms with Crippen LogP contribution in [-0.4, -0.2) is 21.9 Å². The average molecular weight is 238 g/mol. The van der Waals surface area contributed by atoms with E-state index in [-0.39, 0.29) is 22.2 Å². The summed E-state index contributed by atoms with van der Waals surface area (Å²) < 4.78 is 0. The van der Waals surface area contributed by atoms with Crippen molar-refractivity contribution in [3.63, 3.8) is 0 Å². The summed E-state index contributed by atoms with van der Waals surface area (Å²) in [6, 6.07) is 0. The van der Waals surface area contributed by atoms with Crippen LogP contribution in [0, 0.1) is 22.2 Å². The van der Waals surface area contributed by atoms with Gasteiger partial charge < -0.3 is 10.2 Å². The van der Waals surface area contributed by atoms with E-state index in [1.807, 2.05) is 6.92 Å². The summed E-state index contributed by atoms with van der Waals surface area (Å²) in [4.78, 5) is 0. The first kappa shape index (κ1) is 12.0. The highest BCUT2D eigenvalue weighted by Crippen LogP contribution is 2.76. The third-order valence-corrected chi connectivity index (χ3v) is 7.48. The maximum atomic E-state index is 10.8. The molecule has 0 aromatic rings. The fourth-order valence-electron chi connectivity index (χ4n) is 6.12. The molecule has 0 unspecified atom stereocenters. The molecule has 98 valence electrons. The monoisotopic (exact) mass is 238 g/mol. The van der Waals surface area contributed by atoms with Crippen LogP contribution in [-0.2, 0) is 0 Å². The van der Waals surface area contributed by atoms with Crippen LogP contribution in [0.2, 0.25) is 0 Å². The number of hydrogen-bond donors (Lipinski definition) is 2. The molecule has 0 aliphatic heterocycles. The van der Waals surface area contributed by atoms with Crippen molar-refractivity contribution in [2.75, 3.05) is 0 Å². The lowest BCUT2D eigenvalue weighted by Crippen LogP contribution is -2.70. The molecule has 3 saturated carbocycles. The van der Waals surface area contributed by atoms with Gasteiger partial charge in [0.05, 0.1) is 11.7 Å². The maximum Gasteiger partial charge on any atom is 0.0916 e. The van der Waals surface area contributed by atoms with Gasteiger partial charge in [-0.15, -0.1) is 0 Å². The Balaban J connectivity index is 2.23. The molecular weight excluding hydrogens is 212 g/mol. The predicted molar refractivity (Wildman–Crippen MR) is 67.5 cm³/mol. The van der Waals surface area contributed by atoms with E-state index in [0.717, 1.165) is 19.3 Å². The molecule has 0 radical (unpaired) electrons. The second-order valence-corrected chi connectivity index (χ2v) is 7.74. The van der Waals surface area contributed by atoms with E-state index >= 15 is 0 Å². The van der Waals surface area contributed by atoms with Crippen molar-refractivity contribution in [2.45, 2.75) is 71.5 Å². The number of aliphatic hydroxyl groups excluding tert-OH is 1. The lowest BCUT2D eigenvalue weighted by molar-refractivity contribution is -0.275.